The Labute approximate surface area is 191 Å². The average molecular weight is 477 g/mol. The molecule has 176 valence electrons. The number of nitro benzene ring substituents is 1. The summed E-state index contributed by atoms with van der Waals surface area (Å²) in [6, 6.07) is 8.78. The Morgan fingerprint density at radius 3 is 2.67 bits per heavy atom. The third-order valence-corrected chi connectivity index (χ3v) is 6.61. The maximum absolute atomic E-state index is 12.8. The maximum Gasteiger partial charge on any atom is 0.295 e. The van der Waals surface area contributed by atoms with Crippen LogP contribution in [-0.4, -0.2) is 63.9 Å². The summed E-state index contributed by atoms with van der Waals surface area (Å²) in [5.41, 5.74) is 2.90. The minimum absolute atomic E-state index is 0.0510. The molecule has 12 heteroatoms. The van der Waals surface area contributed by atoms with Crippen LogP contribution in [0.5, 0.6) is 11.5 Å². The van der Waals surface area contributed by atoms with Gasteiger partial charge in [-0.2, -0.15) is 9.41 Å². The molecule has 0 amide bonds. The molecular weight excluding hydrogens is 452 g/mol. The molecule has 1 saturated heterocycles. The molecule has 0 aliphatic carbocycles. The van der Waals surface area contributed by atoms with Crippen molar-refractivity contribution in [1.82, 2.24) is 4.31 Å². The number of sulfonamides is 1. The number of ether oxygens (including phenoxy) is 3. The Kier molecular flexibility index (Phi) is 7.98. The van der Waals surface area contributed by atoms with Gasteiger partial charge in [0.25, 0.3) is 5.69 Å². The lowest BCUT2D eigenvalue weighted by Gasteiger charge is -2.26. The molecule has 0 unspecified atom stereocenters. The number of nitro groups is 1. The van der Waals surface area contributed by atoms with Gasteiger partial charge < -0.3 is 14.2 Å². The highest BCUT2D eigenvalue weighted by atomic mass is 32.2. The Balaban J connectivity index is 1.79. The van der Waals surface area contributed by atoms with Crippen molar-refractivity contribution in [3.05, 3.63) is 64.7 Å². The van der Waals surface area contributed by atoms with E-state index in [0.717, 1.165) is 6.07 Å². The highest BCUT2D eigenvalue weighted by Crippen LogP contribution is 2.30. The summed E-state index contributed by atoms with van der Waals surface area (Å²) in [5, 5.41) is 15.6. The molecule has 1 N–H and O–H groups in total. The monoisotopic (exact) mass is 476 g/mol. The van der Waals surface area contributed by atoms with Gasteiger partial charge in [-0.05, 0) is 35.9 Å². The van der Waals surface area contributed by atoms with Crippen molar-refractivity contribution < 1.29 is 27.6 Å². The van der Waals surface area contributed by atoms with E-state index in [9.17, 15) is 18.5 Å². The second-order valence-corrected chi connectivity index (χ2v) is 8.77. The minimum Gasteiger partial charge on any atom is -0.493 e. The molecule has 3 rings (SSSR count). The zero-order valence-corrected chi connectivity index (χ0v) is 18.8. The number of hydrazone groups is 1. The van der Waals surface area contributed by atoms with Gasteiger partial charge in [0.2, 0.25) is 10.0 Å². The number of nitrogens with zero attached hydrogens (tertiary/aromatic N) is 3. The Hall–Kier alpha value is -3.48. The number of nitrogens with one attached hydrogen (secondary N) is 1. The van der Waals surface area contributed by atoms with Gasteiger partial charge in [0.1, 0.15) is 12.3 Å². The number of morpholine rings is 1. The van der Waals surface area contributed by atoms with Crippen molar-refractivity contribution in [2.75, 3.05) is 45.4 Å². The van der Waals surface area contributed by atoms with Gasteiger partial charge in [-0.3, -0.25) is 15.5 Å². The summed E-state index contributed by atoms with van der Waals surface area (Å²) in [4.78, 5) is 10.7. The number of anilines is 1. The first kappa shape index (κ1) is 24.2. The van der Waals surface area contributed by atoms with E-state index in [-0.39, 0.29) is 36.9 Å². The Bertz CT molecular complexity index is 1150. The van der Waals surface area contributed by atoms with Crippen LogP contribution in [0.2, 0.25) is 0 Å². The molecule has 0 aromatic heterocycles. The van der Waals surface area contributed by atoms with Gasteiger partial charge in [0, 0.05) is 19.2 Å². The summed E-state index contributed by atoms with van der Waals surface area (Å²) >= 11 is 0. The molecule has 0 bridgehead atoms. The highest BCUT2D eigenvalue weighted by molar-refractivity contribution is 7.89. The molecular formula is C21H24N4O7S. The smallest absolute Gasteiger partial charge is 0.295 e. The summed E-state index contributed by atoms with van der Waals surface area (Å²) < 4.78 is 42.8. The number of hydrogen-bond donors (Lipinski definition) is 1. The van der Waals surface area contributed by atoms with E-state index in [1.807, 2.05) is 0 Å². The fraction of sp³-hybridized carbons (Fsp3) is 0.286. The van der Waals surface area contributed by atoms with Crippen LogP contribution >= 0.6 is 0 Å². The molecule has 1 fully saturated rings. The zero-order valence-electron chi connectivity index (χ0n) is 18.0. The summed E-state index contributed by atoms with van der Waals surface area (Å²) in [7, 11) is -2.36. The van der Waals surface area contributed by atoms with Gasteiger partial charge >= 0.3 is 0 Å². The zero-order chi connectivity index (χ0) is 23.8. The van der Waals surface area contributed by atoms with Crippen molar-refractivity contribution in [3.63, 3.8) is 0 Å². The van der Waals surface area contributed by atoms with Crippen LogP contribution in [-0.2, 0) is 14.8 Å². The quantitative estimate of drug-likeness (QED) is 0.239. The van der Waals surface area contributed by atoms with Crippen LogP contribution in [0.3, 0.4) is 0 Å². The predicted molar refractivity (Wildman–Crippen MR) is 123 cm³/mol. The predicted octanol–water partition coefficient (Wildman–Crippen LogP) is 2.64. The molecule has 11 nitrogen and oxygen atoms in total. The first-order valence-electron chi connectivity index (χ1n) is 9.94. The van der Waals surface area contributed by atoms with Gasteiger partial charge in [0.05, 0.1) is 36.4 Å². The SMILES string of the molecule is C=CCOc1ccc(/C=N/Nc2ccc(S(=O)(=O)N3CCOCC3)cc2[N+](=O)[O-])cc1OC. The van der Waals surface area contributed by atoms with Crippen LogP contribution in [0.1, 0.15) is 5.56 Å². The van der Waals surface area contributed by atoms with E-state index >= 15 is 0 Å². The molecule has 0 spiro atoms. The Morgan fingerprint density at radius 2 is 2.00 bits per heavy atom. The van der Waals surface area contributed by atoms with Gasteiger partial charge in [-0.25, -0.2) is 8.42 Å². The van der Waals surface area contributed by atoms with Gasteiger partial charge in [-0.15, -0.1) is 0 Å². The van der Waals surface area contributed by atoms with Crippen molar-refractivity contribution in [1.29, 1.82) is 0 Å². The molecule has 2 aromatic rings. The first-order chi connectivity index (χ1) is 15.9. The number of hydrogen-bond acceptors (Lipinski definition) is 9. The van der Waals surface area contributed by atoms with E-state index in [1.54, 1.807) is 24.3 Å². The van der Waals surface area contributed by atoms with Crippen LogP contribution in [0.4, 0.5) is 11.4 Å². The van der Waals surface area contributed by atoms with E-state index in [1.165, 1.54) is 29.8 Å². The fourth-order valence-electron chi connectivity index (χ4n) is 3.06. The lowest BCUT2D eigenvalue weighted by molar-refractivity contribution is -0.384. The third kappa shape index (κ3) is 5.86. The van der Waals surface area contributed by atoms with Crippen LogP contribution in [0.15, 0.2) is 59.1 Å². The first-order valence-corrected chi connectivity index (χ1v) is 11.4. The second-order valence-electron chi connectivity index (χ2n) is 6.83. The maximum atomic E-state index is 12.8. The number of rotatable bonds is 10. The summed E-state index contributed by atoms with van der Waals surface area (Å²) in [5.74, 6) is 1.03. The number of methoxy groups -OCH3 is 1. The van der Waals surface area contributed by atoms with E-state index in [4.69, 9.17) is 14.2 Å². The van der Waals surface area contributed by atoms with Crippen molar-refractivity contribution in [2.24, 2.45) is 5.10 Å². The lowest BCUT2D eigenvalue weighted by atomic mass is 10.2. The molecule has 1 heterocycles. The van der Waals surface area contributed by atoms with E-state index in [2.05, 4.69) is 17.1 Å². The topological polar surface area (TPSA) is 133 Å². The number of benzene rings is 2. The van der Waals surface area contributed by atoms with E-state index in [0.29, 0.717) is 23.7 Å². The molecule has 0 radical (unpaired) electrons. The summed E-state index contributed by atoms with van der Waals surface area (Å²) in [6.45, 7) is 4.87. The van der Waals surface area contributed by atoms with Crippen LogP contribution in [0, 0.1) is 10.1 Å². The molecule has 1 aliphatic heterocycles. The fourth-order valence-corrected chi connectivity index (χ4v) is 4.49. The molecule has 2 aromatic carbocycles. The van der Waals surface area contributed by atoms with Crippen LogP contribution in [0.25, 0.3) is 0 Å². The molecule has 0 atom stereocenters. The minimum atomic E-state index is -3.87. The normalized spacial score (nSPS) is 14.7. The van der Waals surface area contributed by atoms with Crippen LogP contribution < -0.4 is 14.9 Å². The molecule has 1 aliphatic rings. The van der Waals surface area contributed by atoms with Crippen molar-refractivity contribution in [3.8, 4) is 11.5 Å². The van der Waals surface area contributed by atoms with Gasteiger partial charge in [-0.1, -0.05) is 12.7 Å². The molecule has 33 heavy (non-hydrogen) atoms. The van der Waals surface area contributed by atoms with Gasteiger partial charge in [0.15, 0.2) is 11.5 Å². The molecule has 0 saturated carbocycles. The second kappa shape index (κ2) is 10.9. The highest BCUT2D eigenvalue weighted by Gasteiger charge is 2.28. The largest absolute Gasteiger partial charge is 0.493 e. The lowest BCUT2D eigenvalue weighted by Crippen LogP contribution is -2.40. The summed E-state index contributed by atoms with van der Waals surface area (Å²) in [6.07, 6.45) is 3.06. The van der Waals surface area contributed by atoms with Crippen molar-refractivity contribution >= 4 is 27.6 Å². The van der Waals surface area contributed by atoms with E-state index < -0.39 is 20.6 Å². The standard InChI is InChI=1S/C21H24N4O7S/c1-3-10-32-20-7-4-16(13-21(20)30-2)15-22-23-18-6-5-17(14-19(18)25(26)27)33(28,29)24-8-11-31-12-9-24/h3-7,13-15,23H,1,8-12H2,2H3/b22-15+. The third-order valence-electron chi connectivity index (χ3n) is 4.72. The van der Waals surface area contributed by atoms with Crippen molar-refractivity contribution in [2.45, 2.75) is 4.90 Å². The average Bonchev–Trinajstić information content (AvgIpc) is 2.83. The Morgan fingerprint density at radius 1 is 1.24 bits per heavy atom.